The molecule has 0 unspecified atom stereocenters. The molecule has 3 aromatic rings. The lowest BCUT2D eigenvalue weighted by Gasteiger charge is -1.99. The van der Waals surface area contributed by atoms with E-state index in [0.717, 1.165) is 10.9 Å². The number of thiazole rings is 1. The van der Waals surface area contributed by atoms with Crippen molar-refractivity contribution in [3.05, 3.63) is 46.0 Å². The molecule has 2 aromatic heterocycles. The number of ether oxygens (including phenoxy) is 1. The van der Waals surface area contributed by atoms with Crippen molar-refractivity contribution in [3.8, 4) is 0 Å². The number of hydrazone groups is 1. The summed E-state index contributed by atoms with van der Waals surface area (Å²) in [5, 5.41) is 9.17. The summed E-state index contributed by atoms with van der Waals surface area (Å²) < 4.78 is 19.2. The van der Waals surface area contributed by atoms with Crippen molar-refractivity contribution in [1.82, 2.24) is 4.98 Å². The lowest BCUT2D eigenvalue weighted by atomic mass is 10.1. The summed E-state index contributed by atoms with van der Waals surface area (Å²) in [7, 11) is 0. The highest BCUT2D eigenvalue weighted by atomic mass is 32.1. The van der Waals surface area contributed by atoms with Crippen molar-refractivity contribution in [2.45, 2.75) is 13.3 Å². The summed E-state index contributed by atoms with van der Waals surface area (Å²) in [4.78, 5) is 15.7. The summed E-state index contributed by atoms with van der Waals surface area (Å²) in [6.45, 7) is 2.12. The van der Waals surface area contributed by atoms with E-state index < -0.39 is 0 Å². The third-order valence-corrected chi connectivity index (χ3v) is 4.87. The van der Waals surface area contributed by atoms with Crippen molar-refractivity contribution < 1.29 is 13.9 Å². The quantitative estimate of drug-likeness (QED) is 0.408. The highest BCUT2D eigenvalue weighted by Gasteiger charge is 2.08. The van der Waals surface area contributed by atoms with Gasteiger partial charge < -0.3 is 4.74 Å². The Balaban J connectivity index is 1.66. The van der Waals surface area contributed by atoms with Crippen molar-refractivity contribution in [1.29, 1.82) is 0 Å². The topological polar surface area (TPSA) is 63.6 Å². The Morgan fingerprint density at radius 2 is 2.29 bits per heavy atom. The number of thiophene rings is 1. The molecule has 124 valence electrons. The van der Waals surface area contributed by atoms with Crippen LogP contribution < -0.4 is 5.43 Å². The molecule has 0 radical (unpaired) electrons. The molecule has 3 rings (SSSR count). The van der Waals surface area contributed by atoms with E-state index in [9.17, 15) is 9.18 Å². The molecule has 0 saturated carbocycles. The van der Waals surface area contributed by atoms with E-state index in [1.807, 2.05) is 11.4 Å². The van der Waals surface area contributed by atoms with E-state index in [1.54, 1.807) is 24.6 Å². The number of nitrogens with zero attached hydrogens (tertiary/aromatic N) is 2. The molecule has 0 fully saturated rings. The largest absolute Gasteiger partial charge is 0.466 e. The van der Waals surface area contributed by atoms with Gasteiger partial charge in [0.1, 0.15) is 5.82 Å². The number of hydrogen-bond acceptors (Lipinski definition) is 7. The molecule has 0 amide bonds. The normalized spacial score (nSPS) is 11.2. The van der Waals surface area contributed by atoms with Gasteiger partial charge in [-0.2, -0.15) is 5.10 Å². The second kappa shape index (κ2) is 7.50. The minimum absolute atomic E-state index is 0.142. The third-order valence-electron chi connectivity index (χ3n) is 3.15. The van der Waals surface area contributed by atoms with Gasteiger partial charge in [-0.05, 0) is 30.5 Å². The third kappa shape index (κ3) is 3.77. The first-order valence-corrected chi connectivity index (χ1v) is 8.98. The van der Waals surface area contributed by atoms with E-state index in [1.165, 1.54) is 28.7 Å². The van der Waals surface area contributed by atoms with Gasteiger partial charge in [0.05, 0.1) is 29.6 Å². The molecule has 1 aromatic carbocycles. The SMILES string of the molecule is CCOC(=O)Cc1csc(NN=Cc2ccc(F)c3sccc23)n1. The highest BCUT2D eigenvalue weighted by Crippen LogP contribution is 2.26. The first kappa shape index (κ1) is 16.5. The number of anilines is 1. The summed E-state index contributed by atoms with van der Waals surface area (Å²) in [6, 6.07) is 4.98. The van der Waals surface area contributed by atoms with Gasteiger partial charge in [0.25, 0.3) is 0 Å². The van der Waals surface area contributed by atoms with Crippen molar-refractivity contribution >= 4 is 50.1 Å². The van der Waals surface area contributed by atoms with Gasteiger partial charge in [-0.3, -0.25) is 10.2 Å². The molecule has 0 aliphatic heterocycles. The van der Waals surface area contributed by atoms with Gasteiger partial charge in [0.15, 0.2) is 0 Å². The van der Waals surface area contributed by atoms with Crippen LogP contribution in [0.3, 0.4) is 0 Å². The van der Waals surface area contributed by atoms with Crippen LogP contribution in [0, 0.1) is 5.82 Å². The van der Waals surface area contributed by atoms with Crippen LogP contribution in [0.1, 0.15) is 18.2 Å². The van der Waals surface area contributed by atoms with Gasteiger partial charge in [-0.1, -0.05) is 0 Å². The molecule has 0 atom stereocenters. The number of carbonyl (C=O) groups is 1. The van der Waals surface area contributed by atoms with E-state index in [2.05, 4.69) is 15.5 Å². The summed E-state index contributed by atoms with van der Waals surface area (Å²) in [5.41, 5.74) is 4.28. The molecule has 0 saturated heterocycles. The van der Waals surface area contributed by atoms with Gasteiger partial charge in [0.2, 0.25) is 5.13 Å². The van der Waals surface area contributed by atoms with Crippen LogP contribution in [-0.2, 0) is 16.0 Å². The number of hydrogen-bond donors (Lipinski definition) is 1. The Kier molecular flexibility index (Phi) is 5.17. The molecular weight excluding hydrogens is 349 g/mol. The molecule has 8 heteroatoms. The van der Waals surface area contributed by atoms with Crippen LogP contribution in [0.5, 0.6) is 0 Å². The van der Waals surface area contributed by atoms with E-state index in [-0.39, 0.29) is 18.2 Å². The van der Waals surface area contributed by atoms with Crippen LogP contribution in [0.2, 0.25) is 0 Å². The molecule has 1 N–H and O–H groups in total. The van der Waals surface area contributed by atoms with Gasteiger partial charge in [0, 0.05) is 16.3 Å². The van der Waals surface area contributed by atoms with Crippen molar-refractivity contribution in [3.63, 3.8) is 0 Å². The predicted octanol–water partition coefficient (Wildman–Crippen LogP) is 4.05. The molecule has 0 spiro atoms. The fourth-order valence-electron chi connectivity index (χ4n) is 2.12. The van der Waals surface area contributed by atoms with Crippen molar-refractivity contribution in [2.75, 3.05) is 12.0 Å². The number of nitrogens with one attached hydrogen (secondary N) is 1. The minimum atomic E-state index is -0.302. The first-order chi connectivity index (χ1) is 11.7. The number of rotatable bonds is 6. The fourth-order valence-corrected chi connectivity index (χ4v) is 3.61. The van der Waals surface area contributed by atoms with E-state index >= 15 is 0 Å². The summed E-state index contributed by atoms with van der Waals surface area (Å²) >= 11 is 2.71. The molecule has 5 nitrogen and oxygen atoms in total. The number of aromatic nitrogens is 1. The van der Waals surface area contributed by atoms with Gasteiger partial charge in [-0.25, -0.2) is 9.37 Å². The average Bonchev–Trinajstić information content (AvgIpc) is 3.20. The van der Waals surface area contributed by atoms with Crippen LogP contribution in [-0.4, -0.2) is 23.8 Å². The Morgan fingerprint density at radius 3 is 3.12 bits per heavy atom. The molecule has 0 bridgehead atoms. The maximum Gasteiger partial charge on any atom is 0.311 e. The Hall–Kier alpha value is -2.32. The number of carbonyl (C=O) groups excluding carboxylic acids is 1. The number of esters is 1. The van der Waals surface area contributed by atoms with Crippen molar-refractivity contribution in [2.24, 2.45) is 5.10 Å². The lowest BCUT2D eigenvalue weighted by Crippen LogP contribution is -2.07. The van der Waals surface area contributed by atoms with Crippen LogP contribution in [0.4, 0.5) is 9.52 Å². The molecule has 0 aliphatic rings. The first-order valence-electron chi connectivity index (χ1n) is 7.22. The molecule has 2 heterocycles. The maximum absolute atomic E-state index is 13.7. The van der Waals surface area contributed by atoms with Gasteiger partial charge in [-0.15, -0.1) is 22.7 Å². The maximum atomic E-state index is 13.7. The van der Waals surface area contributed by atoms with Crippen LogP contribution in [0.25, 0.3) is 10.1 Å². The smallest absolute Gasteiger partial charge is 0.311 e. The standard InChI is InChI=1S/C16H14FN3O2S2/c1-2-22-14(21)7-11-9-24-16(19-11)20-18-8-10-3-4-13(17)15-12(10)5-6-23-15/h3-6,8-9H,2,7H2,1H3,(H,19,20). The Morgan fingerprint density at radius 1 is 1.42 bits per heavy atom. The van der Waals surface area contributed by atoms with E-state index in [4.69, 9.17) is 4.74 Å². The Bertz CT molecular complexity index is 888. The second-order valence-electron chi connectivity index (χ2n) is 4.80. The summed E-state index contributed by atoms with van der Waals surface area (Å²) in [5.74, 6) is -0.530. The molecule has 24 heavy (non-hydrogen) atoms. The van der Waals surface area contributed by atoms with Crippen LogP contribution in [0.15, 0.2) is 34.1 Å². The fraction of sp³-hybridized carbons (Fsp3) is 0.188. The zero-order valence-corrected chi connectivity index (χ0v) is 14.4. The number of fused-ring (bicyclic) bond motifs is 1. The predicted molar refractivity (Wildman–Crippen MR) is 95.5 cm³/mol. The van der Waals surface area contributed by atoms with Crippen LogP contribution >= 0.6 is 22.7 Å². The van der Waals surface area contributed by atoms with E-state index in [0.29, 0.717) is 22.1 Å². The van der Waals surface area contributed by atoms with Gasteiger partial charge >= 0.3 is 5.97 Å². The number of halogens is 1. The zero-order valence-electron chi connectivity index (χ0n) is 12.8. The molecular formula is C16H14FN3O2S2. The zero-order chi connectivity index (χ0) is 16.9. The second-order valence-corrected chi connectivity index (χ2v) is 6.57. The highest BCUT2D eigenvalue weighted by molar-refractivity contribution is 7.17. The monoisotopic (exact) mass is 363 g/mol. The lowest BCUT2D eigenvalue weighted by molar-refractivity contribution is -0.142. The minimum Gasteiger partial charge on any atom is -0.466 e. The molecule has 0 aliphatic carbocycles. The average molecular weight is 363 g/mol. The Labute approximate surface area is 145 Å². The summed E-state index contributed by atoms with van der Waals surface area (Å²) in [6.07, 6.45) is 1.77. The number of benzene rings is 1.